The van der Waals surface area contributed by atoms with Crippen LogP contribution >= 0.6 is 0 Å². The van der Waals surface area contributed by atoms with Crippen molar-refractivity contribution < 1.29 is 9.31 Å². The number of allylic oxidation sites excluding steroid dienone is 5. The molecule has 0 aromatic carbocycles. The molecule has 0 aromatic heterocycles. The smallest absolute Gasteiger partial charge is 0.399 e. The lowest BCUT2D eigenvalue weighted by molar-refractivity contribution is 0.00578. The van der Waals surface area contributed by atoms with E-state index in [2.05, 4.69) is 34.3 Å². The molecule has 0 saturated carbocycles. The Hall–Kier alpha value is -0.795. The summed E-state index contributed by atoms with van der Waals surface area (Å²) in [6.07, 6.45) is 5.86. The average Bonchev–Trinajstić information content (AvgIpc) is 2.37. The van der Waals surface area contributed by atoms with Crippen LogP contribution in [0.5, 0.6) is 0 Å². The SMILES string of the molecule is C=C/C(B1OC(C)(C)C(C)(C)O1)=C(C)/C=C\C. The van der Waals surface area contributed by atoms with Crippen LogP contribution in [0, 0.1) is 0 Å². The van der Waals surface area contributed by atoms with Crippen molar-refractivity contribution in [3.63, 3.8) is 0 Å². The van der Waals surface area contributed by atoms with Crippen LogP contribution in [-0.4, -0.2) is 18.3 Å². The van der Waals surface area contributed by atoms with Crippen LogP contribution in [0.2, 0.25) is 0 Å². The normalized spacial score (nSPS) is 24.0. The summed E-state index contributed by atoms with van der Waals surface area (Å²) >= 11 is 0. The third-order valence-corrected chi connectivity index (χ3v) is 3.60. The van der Waals surface area contributed by atoms with E-state index in [1.165, 1.54) is 0 Å². The standard InChI is InChI=1S/C14H23BO2/c1-8-10-11(3)12(9-2)15-16-13(4,5)14(6,7)17-15/h8-10H,2H2,1,3-7H3/b10-8-,12-11-. The Kier molecular flexibility index (Phi) is 4.05. The van der Waals surface area contributed by atoms with Gasteiger partial charge in [-0.3, -0.25) is 0 Å². The van der Waals surface area contributed by atoms with E-state index < -0.39 is 0 Å². The first-order valence-corrected chi connectivity index (χ1v) is 6.06. The van der Waals surface area contributed by atoms with Crippen molar-refractivity contribution in [1.29, 1.82) is 0 Å². The second-order valence-electron chi connectivity index (χ2n) is 5.43. The maximum atomic E-state index is 6.00. The highest BCUT2D eigenvalue weighted by Gasteiger charge is 2.52. The maximum absolute atomic E-state index is 6.00. The molecule has 3 heteroatoms. The molecule has 0 unspecified atom stereocenters. The molecule has 0 radical (unpaired) electrons. The van der Waals surface area contributed by atoms with Crippen LogP contribution in [0.3, 0.4) is 0 Å². The topological polar surface area (TPSA) is 18.5 Å². The monoisotopic (exact) mass is 234 g/mol. The molecule has 1 aliphatic heterocycles. The lowest BCUT2D eigenvalue weighted by atomic mass is 9.75. The minimum atomic E-state index is -0.325. The van der Waals surface area contributed by atoms with E-state index in [-0.39, 0.29) is 18.3 Å². The van der Waals surface area contributed by atoms with Crippen molar-refractivity contribution in [2.45, 2.75) is 52.7 Å². The third-order valence-electron chi connectivity index (χ3n) is 3.60. The van der Waals surface area contributed by atoms with Gasteiger partial charge in [-0.1, -0.05) is 30.4 Å². The summed E-state index contributed by atoms with van der Waals surface area (Å²) in [6.45, 7) is 16.1. The van der Waals surface area contributed by atoms with E-state index in [4.69, 9.17) is 9.31 Å². The van der Waals surface area contributed by atoms with Gasteiger partial charge >= 0.3 is 7.12 Å². The fourth-order valence-corrected chi connectivity index (χ4v) is 1.76. The fraction of sp³-hybridized carbons (Fsp3) is 0.571. The Morgan fingerprint density at radius 1 is 1.12 bits per heavy atom. The number of rotatable bonds is 3. The Bertz CT molecular complexity index is 348. The fourth-order valence-electron chi connectivity index (χ4n) is 1.76. The largest absolute Gasteiger partial charge is 0.495 e. The van der Waals surface area contributed by atoms with Gasteiger partial charge in [0.2, 0.25) is 0 Å². The van der Waals surface area contributed by atoms with E-state index in [1.807, 2.05) is 32.1 Å². The summed E-state index contributed by atoms with van der Waals surface area (Å²) in [6, 6.07) is 0. The molecule has 0 atom stereocenters. The number of hydrogen-bond acceptors (Lipinski definition) is 2. The predicted octanol–water partition coefficient (Wildman–Crippen LogP) is 3.70. The van der Waals surface area contributed by atoms with Gasteiger partial charge in [-0.2, -0.15) is 0 Å². The van der Waals surface area contributed by atoms with Gasteiger partial charge in [0.15, 0.2) is 0 Å². The van der Waals surface area contributed by atoms with E-state index in [9.17, 15) is 0 Å². The molecule has 1 heterocycles. The highest BCUT2D eigenvalue weighted by molar-refractivity contribution is 6.56. The predicted molar refractivity (Wildman–Crippen MR) is 73.8 cm³/mol. The van der Waals surface area contributed by atoms with Crippen molar-refractivity contribution in [3.8, 4) is 0 Å². The van der Waals surface area contributed by atoms with Crippen LogP contribution in [0.1, 0.15) is 41.5 Å². The maximum Gasteiger partial charge on any atom is 0.495 e. The molecule has 1 saturated heterocycles. The second kappa shape index (κ2) is 4.83. The summed E-state index contributed by atoms with van der Waals surface area (Å²) in [7, 11) is -0.325. The molecule has 94 valence electrons. The molecule has 0 amide bonds. The zero-order valence-corrected chi connectivity index (χ0v) is 11.8. The molecule has 17 heavy (non-hydrogen) atoms. The highest BCUT2D eigenvalue weighted by atomic mass is 16.7. The highest BCUT2D eigenvalue weighted by Crippen LogP contribution is 2.39. The van der Waals surface area contributed by atoms with Crippen molar-refractivity contribution >= 4 is 7.12 Å². The van der Waals surface area contributed by atoms with E-state index in [1.54, 1.807) is 0 Å². The summed E-state index contributed by atoms with van der Waals surface area (Å²) in [5, 5.41) is 0. The van der Waals surface area contributed by atoms with Crippen molar-refractivity contribution in [3.05, 3.63) is 35.9 Å². The summed E-state index contributed by atoms with van der Waals surface area (Å²) in [5.41, 5.74) is 1.52. The zero-order chi connectivity index (χ0) is 13.3. The Morgan fingerprint density at radius 2 is 1.59 bits per heavy atom. The van der Waals surface area contributed by atoms with E-state index in [0.29, 0.717) is 0 Å². The quantitative estimate of drug-likeness (QED) is 0.547. The first-order valence-electron chi connectivity index (χ1n) is 6.06. The van der Waals surface area contributed by atoms with Gasteiger partial charge in [0.05, 0.1) is 11.2 Å². The minimum Gasteiger partial charge on any atom is -0.399 e. The van der Waals surface area contributed by atoms with E-state index >= 15 is 0 Å². The van der Waals surface area contributed by atoms with Gasteiger partial charge in [-0.25, -0.2) is 0 Å². The third kappa shape index (κ3) is 2.72. The van der Waals surface area contributed by atoms with Crippen LogP contribution in [0.25, 0.3) is 0 Å². The second-order valence-corrected chi connectivity index (χ2v) is 5.43. The molecular formula is C14H23BO2. The number of hydrogen-bond donors (Lipinski definition) is 0. The van der Waals surface area contributed by atoms with Gasteiger partial charge in [-0.15, -0.1) is 0 Å². The molecule has 0 aromatic rings. The Labute approximate surface area is 106 Å². The van der Waals surface area contributed by atoms with Crippen LogP contribution in [-0.2, 0) is 9.31 Å². The van der Waals surface area contributed by atoms with Gasteiger partial charge in [-0.05, 0) is 47.0 Å². The summed E-state index contributed by atoms with van der Waals surface area (Å²) in [4.78, 5) is 0. The van der Waals surface area contributed by atoms with Gasteiger partial charge in [0.1, 0.15) is 0 Å². The zero-order valence-electron chi connectivity index (χ0n) is 11.8. The molecule has 0 spiro atoms. The molecule has 2 nitrogen and oxygen atoms in total. The minimum absolute atomic E-state index is 0.303. The summed E-state index contributed by atoms with van der Waals surface area (Å²) in [5.74, 6) is 0. The molecule has 1 aliphatic rings. The average molecular weight is 234 g/mol. The van der Waals surface area contributed by atoms with Gasteiger partial charge < -0.3 is 9.31 Å². The lowest BCUT2D eigenvalue weighted by Crippen LogP contribution is -2.41. The van der Waals surface area contributed by atoms with Crippen LogP contribution in [0.4, 0.5) is 0 Å². The Morgan fingerprint density at radius 3 is 1.94 bits per heavy atom. The van der Waals surface area contributed by atoms with Crippen LogP contribution in [0.15, 0.2) is 35.9 Å². The van der Waals surface area contributed by atoms with Gasteiger partial charge in [0.25, 0.3) is 0 Å². The van der Waals surface area contributed by atoms with Crippen molar-refractivity contribution in [2.75, 3.05) is 0 Å². The molecule has 0 N–H and O–H groups in total. The molecule has 0 aliphatic carbocycles. The van der Waals surface area contributed by atoms with Crippen molar-refractivity contribution in [2.24, 2.45) is 0 Å². The molecule has 1 fully saturated rings. The van der Waals surface area contributed by atoms with E-state index in [0.717, 1.165) is 11.0 Å². The van der Waals surface area contributed by atoms with Crippen LogP contribution < -0.4 is 0 Å². The summed E-state index contributed by atoms with van der Waals surface area (Å²) < 4.78 is 12.0. The van der Waals surface area contributed by atoms with Gasteiger partial charge in [0, 0.05) is 0 Å². The van der Waals surface area contributed by atoms with Crippen molar-refractivity contribution in [1.82, 2.24) is 0 Å². The lowest BCUT2D eigenvalue weighted by Gasteiger charge is -2.32. The molecular weight excluding hydrogens is 211 g/mol. The first-order chi connectivity index (χ1) is 7.75. The molecule has 1 rings (SSSR count). The Balaban J connectivity index is 3.04. The first kappa shape index (κ1) is 14.3. The molecule has 0 bridgehead atoms.